The molecular weight excluding hydrogens is 272 g/mol. The molecule has 3 unspecified atom stereocenters. The molecular formula is C7H16N2O6S2. The number of aliphatic hydroxyl groups excluding tert-OH is 1. The second-order valence-electron chi connectivity index (χ2n) is 3.68. The van der Waals surface area contributed by atoms with E-state index in [1.165, 1.54) is 0 Å². The average Bonchev–Trinajstić information content (AvgIpc) is 2.68. The minimum absolute atomic E-state index is 0.314. The van der Waals surface area contributed by atoms with Gasteiger partial charge in [-0.2, -0.15) is 12.7 Å². The van der Waals surface area contributed by atoms with Crippen molar-refractivity contribution in [1.82, 2.24) is 9.62 Å². The number of aliphatic hydroxyl groups is 1. The lowest BCUT2D eigenvalue weighted by Crippen LogP contribution is -2.29. The Kier molecular flexibility index (Phi) is 4.49. The molecule has 1 aliphatic heterocycles. The van der Waals surface area contributed by atoms with Gasteiger partial charge in [0.2, 0.25) is 10.0 Å². The maximum absolute atomic E-state index is 11.4. The maximum Gasteiger partial charge on any atom is 0.293 e. The molecule has 102 valence electrons. The lowest BCUT2D eigenvalue weighted by molar-refractivity contribution is 0.211. The lowest BCUT2D eigenvalue weighted by atomic mass is 10.4. The van der Waals surface area contributed by atoms with E-state index >= 15 is 0 Å². The van der Waals surface area contributed by atoms with Crippen LogP contribution in [-0.4, -0.2) is 61.2 Å². The molecule has 1 fully saturated rings. The molecule has 0 amide bonds. The van der Waals surface area contributed by atoms with Crippen LogP contribution in [0.25, 0.3) is 0 Å². The van der Waals surface area contributed by atoms with E-state index in [2.05, 4.69) is 5.32 Å². The molecule has 8 nitrogen and oxygen atoms in total. The van der Waals surface area contributed by atoms with E-state index in [-0.39, 0.29) is 0 Å². The molecule has 0 aromatic rings. The largest absolute Gasteiger partial charge is 0.374 e. The average molecular weight is 288 g/mol. The maximum atomic E-state index is 11.4. The monoisotopic (exact) mass is 288 g/mol. The predicted molar refractivity (Wildman–Crippen MR) is 60.1 cm³/mol. The van der Waals surface area contributed by atoms with Crippen LogP contribution in [0.2, 0.25) is 0 Å². The highest BCUT2D eigenvalue weighted by atomic mass is 32.2. The summed E-state index contributed by atoms with van der Waals surface area (Å²) in [5.41, 5.74) is -2.10. The molecule has 0 radical (unpaired) electrons. The van der Waals surface area contributed by atoms with Gasteiger partial charge >= 0.3 is 0 Å². The molecule has 0 aliphatic carbocycles. The van der Waals surface area contributed by atoms with Crippen molar-refractivity contribution in [2.24, 2.45) is 0 Å². The summed E-state index contributed by atoms with van der Waals surface area (Å²) in [5.74, 6) is 0. The second-order valence-corrected chi connectivity index (χ2v) is 7.30. The van der Waals surface area contributed by atoms with Gasteiger partial charge in [-0.15, -0.1) is 0 Å². The molecule has 1 saturated heterocycles. The molecule has 0 saturated carbocycles. The van der Waals surface area contributed by atoms with Gasteiger partial charge in [0.25, 0.3) is 10.1 Å². The summed E-state index contributed by atoms with van der Waals surface area (Å²) in [6.07, 6.45) is 0.314. The second kappa shape index (κ2) is 5.16. The minimum atomic E-state index is -4.62. The SMILES string of the molecule is CCNCCC1N(CC(O)S(=O)(=O)O)S1(=O)=O. The van der Waals surface area contributed by atoms with E-state index in [0.717, 1.165) is 4.31 Å². The van der Waals surface area contributed by atoms with Gasteiger partial charge in [-0.25, -0.2) is 8.42 Å². The summed E-state index contributed by atoms with van der Waals surface area (Å²) in [5, 5.41) is 11.2. The molecule has 10 heteroatoms. The molecule has 0 spiro atoms. The smallest absolute Gasteiger partial charge is 0.293 e. The third-order valence-corrected chi connectivity index (χ3v) is 5.30. The predicted octanol–water partition coefficient (Wildman–Crippen LogP) is -1.84. The zero-order valence-corrected chi connectivity index (χ0v) is 10.9. The van der Waals surface area contributed by atoms with Gasteiger partial charge in [-0.1, -0.05) is 6.92 Å². The highest BCUT2D eigenvalue weighted by Gasteiger charge is 2.55. The normalized spacial score (nSPS) is 28.9. The fourth-order valence-electron chi connectivity index (χ4n) is 1.45. The summed E-state index contributed by atoms with van der Waals surface area (Å²) in [7, 11) is -8.10. The first-order valence-electron chi connectivity index (χ1n) is 5.07. The number of sulfonamides is 1. The van der Waals surface area contributed by atoms with Crippen LogP contribution in [-0.2, 0) is 20.1 Å². The van der Waals surface area contributed by atoms with Crippen LogP contribution < -0.4 is 5.32 Å². The topological polar surface area (TPSA) is 124 Å². The van der Waals surface area contributed by atoms with Crippen LogP contribution in [0, 0.1) is 0 Å². The van der Waals surface area contributed by atoms with Crippen LogP contribution in [0.4, 0.5) is 0 Å². The van der Waals surface area contributed by atoms with Crippen LogP contribution in [0.5, 0.6) is 0 Å². The minimum Gasteiger partial charge on any atom is -0.374 e. The standard InChI is InChI=1S/C7H16N2O6S2/c1-2-8-4-3-6-9(16(6,11)12)5-7(10)17(13,14)15/h6-8,10H,2-5H2,1H3,(H,13,14,15). The quantitative estimate of drug-likeness (QED) is 0.286. The Morgan fingerprint density at radius 1 is 1.47 bits per heavy atom. The first-order chi connectivity index (χ1) is 7.71. The Morgan fingerprint density at radius 2 is 2.06 bits per heavy atom. The summed E-state index contributed by atoms with van der Waals surface area (Å²) in [4.78, 5) is 0. The van der Waals surface area contributed by atoms with Crippen LogP contribution in [0.1, 0.15) is 13.3 Å². The van der Waals surface area contributed by atoms with Crippen LogP contribution >= 0.6 is 0 Å². The zero-order chi connectivity index (χ0) is 13.3. The molecule has 0 bridgehead atoms. The lowest BCUT2D eigenvalue weighted by Gasteiger charge is -2.05. The Morgan fingerprint density at radius 3 is 2.53 bits per heavy atom. The number of β-amino-alcohol motifs (C(OH)–C–C–N with tert-alkyl or cyclic N) is 1. The fraction of sp³-hybridized carbons (Fsp3) is 1.00. The van der Waals surface area contributed by atoms with Gasteiger partial charge < -0.3 is 10.4 Å². The Balaban J connectivity index is 2.51. The molecule has 0 aromatic heterocycles. The van der Waals surface area contributed by atoms with Crippen molar-refractivity contribution in [3.8, 4) is 0 Å². The summed E-state index contributed by atoms with van der Waals surface area (Å²) >= 11 is 0. The molecule has 1 heterocycles. The van der Waals surface area contributed by atoms with E-state index in [1.54, 1.807) is 0 Å². The summed E-state index contributed by atoms with van der Waals surface area (Å²) in [6.45, 7) is 2.44. The van der Waals surface area contributed by atoms with Crippen LogP contribution in [0.15, 0.2) is 0 Å². The molecule has 0 aromatic carbocycles. The van der Waals surface area contributed by atoms with Gasteiger partial charge in [0, 0.05) is 0 Å². The van der Waals surface area contributed by atoms with Crippen molar-refractivity contribution >= 4 is 20.1 Å². The number of hydrogen-bond donors (Lipinski definition) is 3. The molecule has 3 N–H and O–H groups in total. The molecule has 1 aliphatic rings. The van der Waals surface area contributed by atoms with Crippen LogP contribution in [0.3, 0.4) is 0 Å². The van der Waals surface area contributed by atoms with E-state index in [1.807, 2.05) is 6.92 Å². The van der Waals surface area contributed by atoms with Crippen molar-refractivity contribution in [3.05, 3.63) is 0 Å². The highest BCUT2D eigenvalue weighted by Crippen LogP contribution is 2.33. The van der Waals surface area contributed by atoms with Crippen molar-refractivity contribution in [2.75, 3.05) is 19.6 Å². The fourth-order valence-corrected chi connectivity index (χ4v) is 3.63. The van der Waals surface area contributed by atoms with Crippen molar-refractivity contribution in [2.45, 2.75) is 24.2 Å². The summed E-state index contributed by atoms with van der Waals surface area (Å²) < 4.78 is 53.2. The van der Waals surface area contributed by atoms with Gasteiger partial charge in [-0.3, -0.25) is 4.55 Å². The Labute approximate surface area is 100 Å². The third kappa shape index (κ3) is 3.60. The van der Waals surface area contributed by atoms with Gasteiger partial charge in [0.05, 0.1) is 6.54 Å². The third-order valence-electron chi connectivity index (χ3n) is 2.44. The Bertz CT molecular complexity index is 459. The van der Waals surface area contributed by atoms with Crippen molar-refractivity contribution in [1.29, 1.82) is 0 Å². The highest BCUT2D eigenvalue weighted by molar-refractivity contribution is 7.96. The molecule has 17 heavy (non-hydrogen) atoms. The number of hydrogen-bond acceptors (Lipinski definition) is 6. The molecule has 3 atom stereocenters. The van der Waals surface area contributed by atoms with E-state index < -0.39 is 37.5 Å². The van der Waals surface area contributed by atoms with E-state index in [9.17, 15) is 16.8 Å². The number of nitrogens with zero attached hydrogens (tertiary/aromatic N) is 1. The number of nitrogens with one attached hydrogen (secondary N) is 1. The van der Waals surface area contributed by atoms with Crippen molar-refractivity contribution in [3.63, 3.8) is 0 Å². The van der Waals surface area contributed by atoms with Gasteiger partial charge in [0.1, 0.15) is 5.37 Å². The van der Waals surface area contributed by atoms with E-state index in [4.69, 9.17) is 9.66 Å². The first-order valence-corrected chi connectivity index (χ1v) is 8.07. The van der Waals surface area contributed by atoms with Crippen molar-refractivity contribution < 1.29 is 26.5 Å². The van der Waals surface area contributed by atoms with Gasteiger partial charge in [-0.05, 0) is 19.5 Å². The molecule has 1 rings (SSSR count). The summed E-state index contributed by atoms with van der Waals surface area (Å²) in [6, 6.07) is 0. The van der Waals surface area contributed by atoms with Gasteiger partial charge in [0.15, 0.2) is 5.44 Å². The first kappa shape index (κ1) is 14.8. The zero-order valence-electron chi connectivity index (χ0n) is 9.27. The number of rotatable bonds is 7. The Hall–Kier alpha value is -0.260. The van der Waals surface area contributed by atoms with E-state index in [0.29, 0.717) is 19.5 Å².